The topological polar surface area (TPSA) is 28.2 Å². The molecule has 2 heterocycles. The van der Waals surface area contributed by atoms with E-state index in [9.17, 15) is 0 Å². The first kappa shape index (κ1) is 18.1. The van der Waals surface area contributed by atoms with Crippen LogP contribution in [0.1, 0.15) is 0 Å². The van der Waals surface area contributed by atoms with Crippen LogP contribution >= 0.6 is 0 Å². The van der Waals surface area contributed by atoms with E-state index < -0.39 is 0 Å². The van der Waals surface area contributed by atoms with Crippen molar-refractivity contribution < 1.29 is 35.6 Å². The summed E-state index contributed by atoms with van der Waals surface area (Å²) in [7, 11) is 0. The van der Waals surface area contributed by atoms with E-state index in [0.29, 0.717) is 0 Å². The van der Waals surface area contributed by atoms with Gasteiger partial charge in [0, 0.05) is 35.6 Å². The molecule has 127 valence electrons. The molecule has 27 heavy (non-hydrogen) atoms. The second kappa shape index (κ2) is 7.73. The summed E-state index contributed by atoms with van der Waals surface area (Å²) in [5, 5.41) is 4.99. The average molecular weight is 471 g/mol. The number of hydrogen-bond acceptors (Lipinski definition) is 0. The molecule has 1 radical (unpaired) electrons. The van der Waals surface area contributed by atoms with Crippen LogP contribution in [0.3, 0.4) is 0 Å². The van der Waals surface area contributed by atoms with E-state index >= 15 is 0 Å². The smallest absolute Gasteiger partial charge is 0 e. The first-order valence-electron chi connectivity index (χ1n) is 8.70. The van der Waals surface area contributed by atoms with Crippen LogP contribution in [0.5, 0.6) is 0 Å². The third-order valence-corrected chi connectivity index (χ3v) is 4.68. The van der Waals surface area contributed by atoms with Gasteiger partial charge in [-0.15, -0.1) is 22.1 Å². The van der Waals surface area contributed by atoms with E-state index in [0.717, 1.165) is 22.1 Å². The predicted molar refractivity (Wildman–Crippen MR) is 110 cm³/mol. The van der Waals surface area contributed by atoms with E-state index in [2.05, 4.69) is 82.8 Å². The predicted octanol–water partition coefficient (Wildman–Crippen LogP) is 5.90. The molecule has 0 unspecified atom stereocenters. The van der Waals surface area contributed by atoms with Gasteiger partial charge >= 0.3 is 0 Å². The van der Waals surface area contributed by atoms with E-state index in [1.165, 1.54) is 21.5 Å². The summed E-state index contributed by atoms with van der Waals surface area (Å²) >= 11 is 0. The summed E-state index contributed by atoms with van der Waals surface area (Å²) in [6, 6.07) is 33.0. The fourth-order valence-electron chi connectivity index (χ4n) is 3.46. The van der Waals surface area contributed by atoms with Gasteiger partial charge in [-0.3, -0.25) is 0 Å². The molecule has 0 amide bonds. The molecule has 6 aromatic rings. The van der Waals surface area contributed by atoms with Crippen molar-refractivity contribution in [2.45, 2.75) is 0 Å². The van der Waals surface area contributed by atoms with Crippen LogP contribution < -0.4 is 9.97 Å². The van der Waals surface area contributed by atoms with E-state index in [-0.39, 0.29) is 35.6 Å². The van der Waals surface area contributed by atoms with E-state index in [1.54, 1.807) is 0 Å². The summed E-state index contributed by atoms with van der Waals surface area (Å²) in [4.78, 5) is 9.03. The second-order valence-electron chi connectivity index (χ2n) is 6.29. The Morgan fingerprint density at radius 2 is 0.556 bits per heavy atom. The van der Waals surface area contributed by atoms with Gasteiger partial charge in [-0.25, -0.2) is 0 Å². The van der Waals surface area contributed by atoms with Gasteiger partial charge < -0.3 is 9.97 Å². The van der Waals surface area contributed by atoms with Crippen molar-refractivity contribution in [2.24, 2.45) is 0 Å². The molecule has 4 aromatic carbocycles. The van der Waals surface area contributed by atoms with Gasteiger partial charge in [0.25, 0.3) is 0 Å². The third kappa shape index (κ3) is 3.34. The summed E-state index contributed by atoms with van der Waals surface area (Å²) in [5.74, 6) is 0. The van der Waals surface area contributed by atoms with Crippen molar-refractivity contribution in [3.8, 4) is 0 Å². The Balaban J connectivity index is 0.000000129. The SMILES string of the molecule is [La].c1ccc2c(c1)[n-]c1ccccc12.c1ccc2c(c1)[n-]c1ccccc12. The number of rotatable bonds is 0. The van der Waals surface area contributed by atoms with Crippen LogP contribution in [-0.4, -0.2) is 0 Å². The van der Waals surface area contributed by atoms with Gasteiger partial charge in [0.2, 0.25) is 0 Å². The summed E-state index contributed by atoms with van der Waals surface area (Å²) in [6.07, 6.45) is 0. The molecule has 0 aliphatic carbocycles. The monoisotopic (exact) mass is 471 g/mol. The maximum Gasteiger partial charge on any atom is 0 e. The largest absolute Gasteiger partial charge is 0.657 e. The molecule has 0 atom stereocenters. The Labute approximate surface area is 185 Å². The van der Waals surface area contributed by atoms with Crippen molar-refractivity contribution in [3.63, 3.8) is 0 Å². The minimum atomic E-state index is 0. The molecule has 0 aliphatic heterocycles. The Kier molecular flexibility index (Phi) is 5.17. The standard InChI is InChI=1S/2C12H8N.La/c2*1-3-7-11-9(5-1)10-6-2-4-8-12(10)13-11;/h2*1-8H;/q2*-1;. The summed E-state index contributed by atoms with van der Waals surface area (Å²) in [6.45, 7) is 0. The zero-order valence-corrected chi connectivity index (χ0v) is 18.3. The zero-order valence-electron chi connectivity index (χ0n) is 14.7. The molecule has 2 nitrogen and oxygen atoms in total. The van der Waals surface area contributed by atoms with Crippen molar-refractivity contribution in [1.29, 1.82) is 0 Å². The Morgan fingerprint density at radius 3 is 0.815 bits per heavy atom. The van der Waals surface area contributed by atoms with Gasteiger partial charge in [-0.1, -0.05) is 97.1 Å². The molecule has 0 spiro atoms. The fraction of sp³-hybridized carbons (Fsp3) is 0. The van der Waals surface area contributed by atoms with Gasteiger partial charge in [-0.05, 0) is 21.5 Å². The molecule has 3 heteroatoms. The van der Waals surface area contributed by atoms with E-state index in [1.807, 2.05) is 24.3 Å². The van der Waals surface area contributed by atoms with Crippen molar-refractivity contribution in [3.05, 3.63) is 97.1 Å². The quantitative estimate of drug-likeness (QED) is 0.276. The van der Waals surface area contributed by atoms with E-state index in [4.69, 9.17) is 0 Å². The maximum atomic E-state index is 4.52. The molecule has 0 saturated heterocycles. The number of benzene rings is 4. The molecular weight excluding hydrogens is 455 g/mol. The van der Waals surface area contributed by atoms with Crippen molar-refractivity contribution in [2.75, 3.05) is 0 Å². The van der Waals surface area contributed by atoms with Crippen LogP contribution in [0, 0.1) is 35.6 Å². The van der Waals surface area contributed by atoms with Crippen molar-refractivity contribution in [1.82, 2.24) is 9.97 Å². The van der Waals surface area contributed by atoms with Crippen LogP contribution in [0.25, 0.3) is 43.6 Å². The molecule has 0 bridgehead atoms. The molecular formula is C24H16LaN2-2. The zero-order chi connectivity index (χ0) is 17.3. The molecule has 0 aliphatic rings. The Bertz CT molecular complexity index is 1140. The normalized spacial score (nSPS) is 10.7. The number of nitrogens with zero attached hydrogens (tertiary/aromatic N) is 2. The molecule has 0 saturated carbocycles. The van der Waals surface area contributed by atoms with Gasteiger partial charge in [0.15, 0.2) is 0 Å². The summed E-state index contributed by atoms with van der Waals surface area (Å²) < 4.78 is 0. The van der Waals surface area contributed by atoms with Crippen LogP contribution in [0.15, 0.2) is 97.1 Å². The average Bonchev–Trinajstić information content (AvgIpc) is 3.27. The molecule has 0 N–H and O–H groups in total. The van der Waals surface area contributed by atoms with Crippen molar-refractivity contribution >= 4 is 43.6 Å². The summed E-state index contributed by atoms with van der Waals surface area (Å²) in [5.41, 5.74) is 4.35. The Hall–Kier alpha value is -2.33. The van der Waals surface area contributed by atoms with Crippen LogP contribution in [0.2, 0.25) is 0 Å². The fourth-order valence-corrected chi connectivity index (χ4v) is 3.46. The van der Waals surface area contributed by atoms with Gasteiger partial charge in [-0.2, -0.15) is 0 Å². The number of aromatic nitrogens is 2. The number of hydrogen-bond donors (Lipinski definition) is 0. The maximum absolute atomic E-state index is 4.52. The minimum absolute atomic E-state index is 0. The third-order valence-electron chi connectivity index (χ3n) is 4.68. The number of fused-ring (bicyclic) bond motifs is 6. The first-order valence-corrected chi connectivity index (χ1v) is 8.70. The minimum Gasteiger partial charge on any atom is -0.657 e. The van der Waals surface area contributed by atoms with Gasteiger partial charge in [0.1, 0.15) is 0 Å². The van der Waals surface area contributed by atoms with Gasteiger partial charge in [0.05, 0.1) is 0 Å². The first-order chi connectivity index (χ1) is 12.9. The second-order valence-corrected chi connectivity index (χ2v) is 6.29. The Morgan fingerprint density at radius 1 is 0.333 bits per heavy atom. The van der Waals surface area contributed by atoms with Crippen LogP contribution in [0.4, 0.5) is 0 Å². The van der Waals surface area contributed by atoms with Crippen LogP contribution in [-0.2, 0) is 0 Å². The number of para-hydroxylation sites is 4. The molecule has 0 fully saturated rings. The molecule has 2 aromatic heterocycles. The molecule has 6 rings (SSSR count).